The number of anilines is 1. The molecule has 0 amide bonds. The van der Waals surface area contributed by atoms with Crippen LogP contribution in [0.4, 0.5) is 5.69 Å². The highest BCUT2D eigenvalue weighted by atomic mass is 15.2. The number of rotatable bonds is 3. The van der Waals surface area contributed by atoms with Gasteiger partial charge < -0.3 is 5.73 Å². The average Bonchev–Trinajstić information content (AvgIpc) is 2.69. The van der Waals surface area contributed by atoms with E-state index in [-0.39, 0.29) is 0 Å². The van der Waals surface area contributed by atoms with Gasteiger partial charge in [0.1, 0.15) is 0 Å². The fraction of sp³-hybridized carbons (Fsp3) is 0.571. The van der Waals surface area contributed by atoms with Crippen molar-refractivity contribution in [3.63, 3.8) is 0 Å². The first-order chi connectivity index (χ1) is 7.68. The predicted molar refractivity (Wildman–Crippen MR) is 69.1 cm³/mol. The third-order valence-electron chi connectivity index (χ3n) is 3.61. The predicted octanol–water partition coefficient (Wildman–Crippen LogP) is 2.89. The fourth-order valence-corrected chi connectivity index (χ4v) is 2.70. The number of hydrogen-bond donors (Lipinski definition) is 1. The third-order valence-corrected chi connectivity index (χ3v) is 3.61. The van der Waals surface area contributed by atoms with Crippen molar-refractivity contribution in [2.75, 3.05) is 12.3 Å². The van der Waals surface area contributed by atoms with Gasteiger partial charge in [-0.05, 0) is 36.9 Å². The van der Waals surface area contributed by atoms with Crippen molar-refractivity contribution in [1.82, 2.24) is 4.90 Å². The number of para-hydroxylation sites is 1. The zero-order valence-electron chi connectivity index (χ0n) is 10.3. The van der Waals surface area contributed by atoms with Crippen LogP contribution in [0.15, 0.2) is 24.3 Å². The molecule has 2 heteroatoms. The van der Waals surface area contributed by atoms with Crippen LogP contribution in [0.25, 0.3) is 0 Å². The minimum atomic E-state index is 0.736. The summed E-state index contributed by atoms with van der Waals surface area (Å²) < 4.78 is 0. The Morgan fingerprint density at radius 2 is 2.12 bits per heavy atom. The van der Waals surface area contributed by atoms with E-state index in [0.29, 0.717) is 0 Å². The van der Waals surface area contributed by atoms with Crippen molar-refractivity contribution in [1.29, 1.82) is 0 Å². The topological polar surface area (TPSA) is 29.3 Å². The van der Waals surface area contributed by atoms with Crippen LogP contribution in [-0.2, 0) is 6.54 Å². The molecule has 1 aliphatic rings. The normalized spacial score (nSPS) is 21.8. The third kappa shape index (κ3) is 2.38. The van der Waals surface area contributed by atoms with Crippen molar-refractivity contribution in [2.45, 2.75) is 39.3 Å². The minimum absolute atomic E-state index is 0.736. The monoisotopic (exact) mass is 218 g/mol. The van der Waals surface area contributed by atoms with Gasteiger partial charge in [0.15, 0.2) is 0 Å². The Labute approximate surface area is 98.4 Å². The van der Waals surface area contributed by atoms with E-state index in [4.69, 9.17) is 5.73 Å². The van der Waals surface area contributed by atoms with Crippen molar-refractivity contribution >= 4 is 5.69 Å². The molecule has 1 aliphatic heterocycles. The highest BCUT2D eigenvalue weighted by molar-refractivity contribution is 5.46. The van der Waals surface area contributed by atoms with Crippen LogP contribution in [-0.4, -0.2) is 17.5 Å². The maximum Gasteiger partial charge on any atom is 0.0359 e. The largest absolute Gasteiger partial charge is 0.398 e. The lowest BCUT2D eigenvalue weighted by Crippen LogP contribution is -2.33. The van der Waals surface area contributed by atoms with Gasteiger partial charge in [0, 0.05) is 18.3 Å². The van der Waals surface area contributed by atoms with Gasteiger partial charge in [-0.15, -0.1) is 0 Å². The SMILES string of the molecule is CC(C)C1CCCN1Cc1ccccc1N. The average molecular weight is 218 g/mol. The molecule has 2 N–H and O–H groups in total. The standard InChI is InChI=1S/C14H22N2/c1-11(2)14-8-5-9-16(14)10-12-6-3-4-7-13(12)15/h3-4,6-7,11,14H,5,8-10,15H2,1-2H3. The summed E-state index contributed by atoms with van der Waals surface area (Å²) in [6.45, 7) is 6.86. The minimum Gasteiger partial charge on any atom is -0.398 e. The Bertz CT molecular complexity index is 346. The molecule has 1 heterocycles. The number of hydrogen-bond acceptors (Lipinski definition) is 2. The first-order valence-electron chi connectivity index (χ1n) is 6.26. The molecule has 0 saturated carbocycles. The molecular formula is C14H22N2. The number of nitrogens with two attached hydrogens (primary N) is 1. The van der Waals surface area contributed by atoms with Gasteiger partial charge in [-0.1, -0.05) is 32.0 Å². The maximum absolute atomic E-state index is 5.99. The Balaban J connectivity index is 2.07. The van der Waals surface area contributed by atoms with Gasteiger partial charge in [0.05, 0.1) is 0 Å². The van der Waals surface area contributed by atoms with Crippen LogP contribution < -0.4 is 5.73 Å². The summed E-state index contributed by atoms with van der Waals surface area (Å²) in [7, 11) is 0. The molecule has 16 heavy (non-hydrogen) atoms. The van der Waals surface area contributed by atoms with Crippen LogP contribution in [0.5, 0.6) is 0 Å². The summed E-state index contributed by atoms with van der Waals surface area (Å²) in [5.74, 6) is 0.743. The Morgan fingerprint density at radius 3 is 2.81 bits per heavy atom. The van der Waals surface area contributed by atoms with E-state index in [0.717, 1.165) is 24.2 Å². The first kappa shape index (κ1) is 11.5. The van der Waals surface area contributed by atoms with Crippen LogP contribution in [0, 0.1) is 5.92 Å². The molecule has 1 fully saturated rings. The molecule has 1 saturated heterocycles. The molecule has 0 aliphatic carbocycles. The number of likely N-dealkylation sites (tertiary alicyclic amines) is 1. The van der Waals surface area contributed by atoms with Gasteiger partial charge in [-0.25, -0.2) is 0 Å². The van der Waals surface area contributed by atoms with E-state index < -0.39 is 0 Å². The second-order valence-electron chi connectivity index (χ2n) is 5.12. The number of nitrogen functional groups attached to an aromatic ring is 1. The van der Waals surface area contributed by atoms with Gasteiger partial charge in [0.25, 0.3) is 0 Å². The summed E-state index contributed by atoms with van der Waals surface area (Å²) in [6.07, 6.45) is 2.67. The lowest BCUT2D eigenvalue weighted by atomic mass is 10.0. The summed E-state index contributed by atoms with van der Waals surface area (Å²) in [6, 6.07) is 8.95. The highest BCUT2D eigenvalue weighted by Gasteiger charge is 2.26. The zero-order valence-corrected chi connectivity index (χ0v) is 10.3. The van der Waals surface area contributed by atoms with Gasteiger partial charge in [-0.3, -0.25) is 4.90 Å². The van der Waals surface area contributed by atoms with E-state index in [9.17, 15) is 0 Å². The van der Waals surface area contributed by atoms with Crippen LogP contribution in [0.3, 0.4) is 0 Å². The second kappa shape index (κ2) is 4.88. The molecule has 0 spiro atoms. The van der Waals surface area contributed by atoms with E-state index in [1.807, 2.05) is 12.1 Å². The lowest BCUT2D eigenvalue weighted by Gasteiger charge is -2.27. The van der Waals surface area contributed by atoms with Crippen molar-refractivity contribution in [3.8, 4) is 0 Å². The van der Waals surface area contributed by atoms with Crippen LogP contribution in [0.2, 0.25) is 0 Å². The molecule has 0 aromatic heterocycles. The molecule has 1 unspecified atom stereocenters. The number of nitrogens with zero attached hydrogens (tertiary/aromatic N) is 1. The lowest BCUT2D eigenvalue weighted by molar-refractivity contribution is 0.199. The van der Waals surface area contributed by atoms with Crippen LogP contribution in [0.1, 0.15) is 32.3 Å². The van der Waals surface area contributed by atoms with E-state index in [2.05, 4.69) is 30.9 Å². The first-order valence-corrected chi connectivity index (χ1v) is 6.26. The molecule has 2 nitrogen and oxygen atoms in total. The summed E-state index contributed by atoms with van der Waals surface area (Å²) >= 11 is 0. The fourth-order valence-electron chi connectivity index (χ4n) is 2.70. The van der Waals surface area contributed by atoms with E-state index >= 15 is 0 Å². The summed E-state index contributed by atoms with van der Waals surface area (Å²) in [5, 5.41) is 0. The quantitative estimate of drug-likeness (QED) is 0.790. The van der Waals surface area contributed by atoms with Crippen molar-refractivity contribution < 1.29 is 0 Å². The molecule has 1 atom stereocenters. The summed E-state index contributed by atoms with van der Waals surface area (Å²) in [4.78, 5) is 2.58. The summed E-state index contributed by atoms with van der Waals surface area (Å²) in [5.41, 5.74) is 8.19. The molecule has 2 rings (SSSR count). The Hall–Kier alpha value is -1.02. The van der Waals surface area contributed by atoms with E-state index in [1.165, 1.54) is 24.9 Å². The molecule has 1 aromatic carbocycles. The molecule has 1 aromatic rings. The molecule has 0 radical (unpaired) electrons. The van der Waals surface area contributed by atoms with Gasteiger partial charge in [0.2, 0.25) is 0 Å². The smallest absolute Gasteiger partial charge is 0.0359 e. The Kier molecular flexibility index (Phi) is 3.49. The molecule has 0 bridgehead atoms. The van der Waals surface area contributed by atoms with Crippen molar-refractivity contribution in [2.24, 2.45) is 5.92 Å². The van der Waals surface area contributed by atoms with Gasteiger partial charge in [-0.2, -0.15) is 0 Å². The second-order valence-corrected chi connectivity index (χ2v) is 5.12. The molecular weight excluding hydrogens is 196 g/mol. The maximum atomic E-state index is 5.99. The highest BCUT2D eigenvalue weighted by Crippen LogP contribution is 2.26. The zero-order chi connectivity index (χ0) is 11.5. The van der Waals surface area contributed by atoms with E-state index in [1.54, 1.807) is 0 Å². The number of benzene rings is 1. The molecule has 88 valence electrons. The Morgan fingerprint density at radius 1 is 1.38 bits per heavy atom. The van der Waals surface area contributed by atoms with Crippen LogP contribution >= 0.6 is 0 Å². The van der Waals surface area contributed by atoms with Crippen molar-refractivity contribution in [3.05, 3.63) is 29.8 Å². The van der Waals surface area contributed by atoms with Gasteiger partial charge >= 0.3 is 0 Å².